The minimum atomic E-state index is -4.45. The summed E-state index contributed by atoms with van der Waals surface area (Å²) in [6.07, 6.45) is -3.39. The summed E-state index contributed by atoms with van der Waals surface area (Å²) in [4.78, 5) is 13.1. The van der Waals surface area contributed by atoms with Crippen LogP contribution in [0.5, 0.6) is 0 Å². The maximum atomic E-state index is 12.9. The van der Waals surface area contributed by atoms with Crippen molar-refractivity contribution in [3.8, 4) is 0 Å². The molecule has 2 atom stereocenters. The zero-order chi connectivity index (χ0) is 24.3. The molecule has 0 amide bonds. The van der Waals surface area contributed by atoms with E-state index in [1.807, 2.05) is 32.9 Å². The maximum absolute atomic E-state index is 12.9. The van der Waals surface area contributed by atoms with E-state index in [0.29, 0.717) is 12.8 Å². The molecule has 2 aromatic carbocycles. The summed E-state index contributed by atoms with van der Waals surface area (Å²) >= 11 is -1.56. The molecule has 0 aromatic heterocycles. The van der Waals surface area contributed by atoms with Gasteiger partial charge in [0.25, 0.3) is 0 Å². The van der Waals surface area contributed by atoms with E-state index in [9.17, 15) is 27.6 Å². The summed E-state index contributed by atoms with van der Waals surface area (Å²) in [5, 5.41) is 10.8. The number of aliphatic hydroxyl groups excluding tert-OH is 1. The summed E-state index contributed by atoms with van der Waals surface area (Å²) in [7, 11) is 0. The van der Waals surface area contributed by atoms with Gasteiger partial charge in [0, 0.05) is 12.8 Å². The van der Waals surface area contributed by atoms with E-state index < -0.39 is 35.0 Å². The van der Waals surface area contributed by atoms with Gasteiger partial charge < -0.3 is 14.4 Å². The number of aliphatic hydroxyl groups is 1. The molecule has 3 rings (SSSR count). The molecule has 8 heteroatoms. The van der Waals surface area contributed by atoms with E-state index in [1.165, 1.54) is 12.1 Å². The Morgan fingerprint density at radius 1 is 1.12 bits per heavy atom. The lowest BCUT2D eigenvalue weighted by atomic mass is 9.87. The first-order valence-corrected chi connectivity index (χ1v) is 12.2. The van der Waals surface area contributed by atoms with Crippen LogP contribution < -0.4 is 0 Å². The SMILES string of the molecule is CCc1cc(C)cc(CC)c1C1=C(O)CC(CC[S+]([O-])c2ccc(C(F)(F)F)cc2)OC1=O. The number of cyclic esters (lactones) is 1. The first-order valence-electron chi connectivity index (χ1n) is 10.9. The monoisotopic (exact) mass is 480 g/mol. The number of hydrogen-bond donors (Lipinski definition) is 1. The molecule has 178 valence electrons. The lowest BCUT2D eigenvalue weighted by molar-refractivity contribution is -0.143. The van der Waals surface area contributed by atoms with Crippen molar-refractivity contribution in [2.45, 2.75) is 63.6 Å². The van der Waals surface area contributed by atoms with Crippen molar-refractivity contribution in [1.82, 2.24) is 0 Å². The molecule has 33 heavy (non-hydrogen) atoms. The fourth-order valence-corrected chi connectivity index (χ4v) is 5.22. The highest BCUT2D eigenvalue weighted by atomic mass is 32.2. The Labute approximate surface area is 194 Å². The van der Waals surface area contributed by atoms with Gasteiger partial charge in [0.1, 0.15) is 23.2 Å². The molecule has 0 saturated heterocycles. The molecular formula is C25H27F3O4S. The van der Waals surface area contributed by atoms with Crippen LogP contribution >= 0.6 is 0 Å². The molecule has 1 aliphatic heterocycles. The van der Waals surface area contributed by atoms with Crippen LogP contribution in [0.15, 0.2) is 47.1 Å². The number of alkyl halides is 3. The second kappa shape index (κ2) is 10.2. The van der Waals surface area contributed by atoms with Crippen LogP contribution in [-0.2, 0) is 39.7 Å². The van der Waals surface area contributed by atoms with Gasteiger partial charge in [-0.3, -0.25) is 0 Å². The fraction of sp³-hybridized carbons (Fsp3) is 0.400. The van der Waals surface area contributed by atoms with E-state index >= 15 is 0 Å². The van der Waals surface area contributed by atoms with E-state index in [2.05, 4.69) is 0 Å². The van der Waals surface area contributed by atoms with E-state index in [-0.39, 0.29) is 34.8 Å². The largest absolute Gasteiger partial charge is 0.611 e. The predicted octanol–water partition coefficient (Wildman–Crippen LogP) is 5.92. The number of benzene rings is 2. The van der Waals surface area contributed by atoms with Gasteiger partial charge in [-0.05, 0) is 71.9 Å². The van der Waals surface area contributed by atoms with Crippen LogP contribution in [-0.4, -0.2) is 27.5 Å². The summed E-state index contributed by atoms with van der Waals surface area (Å²) in [5.74, 6) is -0.571. The van der Waals surface area contributed by atoms with Crippen molar-refractivity contribution in [3.05, 3.63) is 70.0 Å². The molecule has 1 heterocycles. The lowest BCUT2D eigenvalue weighted by Crippen LogP contribution is -2.29. The highest BCUT2D eigenvalue weighted by Crippen LogP contribution is 2.35. The Hall–Kier alpha value is -2.45. The Morgan fingerprint density at radius 2 is 1.70 bits per heavy atom. The van der Waals surface area contributed by atoms with Gasteiger partial charge in [0.05, 0.1) is 5.56 Å². The Bertz CT molecular complexity index is 1020. The van der Waals surface area contributed by atoms with Crippen molar-refractivity contribution in [2.24, 2.45) is 0 Å². The third kappa shape index (κ3) is 5.73. The van der Waals surface area contributed by atoms with Gasteiger partial charge >= 0.3 is 12.1 Å². The quantitative estimate of drug-likeness (QED) is 0.394. The molecule has 1 aliphatic rings. The molecule has 0 radical (unpaired) electrons. The molecule has 0 fully saturated rings. The van der Waals surface area contributed by atoms with Gasteiger partial charge in [-0.2, -0.15) is 13.2 Å². The van der Waals surface area contributed by atoms with Crippen molar-refractivity contribution in [1.29, 1.82) is 0 Å². The van der Waals surface area contributed by atoms with Gasteiger partial charge in [-0.15, -0.1) is 0 Å². The number of carbonyl (C=O) groups excluding carboxylic acids is 1. The molecule has 0 spiro atoms. The number of esters is 1. The molecule has 1 N–H and O–H groups in total. The smallest absolute Gasteiger partial charge is 0.416 e. The molecule has 0 saturated carbocycles. The second-order valence-corrected chi connectivity index (χ2v) is 9.65. The molecule has 4 nitrogen and oxygen atoms in total. The van der Waals surface area contributed by atoms with Gasteiger partial charge in [0.2, 0.25) is 0 Å². The average molecular weight is 481 g/mol. The third-order valence-electron chi connectivity index (χ3n) is 5.72. The molecule has 2 aromatic rings. The number of aryl methyl sites for hydroxylation is 3. The zero-order valence-corrected chi connectivity index (χ0v) is 19.6. The van der Waals surface area contributed by atoms with Crippen LogP contribution in [0.1, 0.15) is 54.5 Å². The predicted molar refractivity (Wildman–Crippen MR) is 121 cm³/mol. The van der Waals surface area contributed by atoms with E-state index in [0.717, 1.165) is 34.4 Å². The number of hydrogen-bond acceptors (Lipinski definition) is 4. The van der Waals surface area contributed by atoms with Crippen LogP contribution in [0.25, 0.3) is 5.57 Å². The summed E-state index contributed by atoms with van der Waals surface area (Å²) < 4.78 is 56.2. The van der Waals surface area contributed by atoms with Crippen molar-refractivity contribution < 1.29 is 32.4 Å². The zero-order valence-electron chi connectivity index (χ0n) is 18.8. The Morgan fingerprint density at radius 3 is 2.18 bits per heavy atom. The van der Waals surface area contributed by atoms with Crippen LogP contribution in [0.3, 0.4) is 0 Å². The number of halogens is 3. The van der Waals surface area contributed by atoms with Gasteiger partial charge in [0.15, 0.2) is 4.90 Å². The average Bonchev–Trinajstić information content (AvgIpc) is 2.76. The number of carbonyl (C=O) groups is 1. The highest BCUT2D eigenvalue weighted by Gasteiger charge is 2.34. The highest BCUT2D eigenvalue weighted by molar-refractivity contribution is 7.91. The Balaban J connectivity index is 1.73. The standard InChI is InChI=1S/C25H27F3O4S/c1-4-16-12-15(3)13-17(5-2)22(16)23-21(29)14-19(32-24(23)30)10-11-33(31)20-8-6-18(7-9-20)25(26,27)28/h6-9,12-13,19,29H,4-5,10-11,14H2,1-3H3. The number of ether oxygens (including phenoxy) is 1. The first kappa shape index (κ1) is 25.2. The fourth-order valence-electron chi connectivity index (χ4n) is 4.07. The maximum Gasteiger partial charge on any atom is 0.416 e. The minimum absolute atomic E-state index is 0.0511. The van der Waals surface area contributed by atoms with Gasteiger partial charge in [-0.1, -0.05) is 31.5 Å². The summed E-state index contributed by atoms with van der Waals surface area (Å²) in [6.45, 7) is 5.97. The summed E-state index contributed by atoms with van der Waals surface area (Å²) in [6, 6.07) is 8.18. The number of rotatable bonds is 7. The molecule has 0 aliphatic carbocycles. The van der Waals surface area contributed by atoms with Crippen LogP contribution in [0.2, 0.25) is 0 Å². The first-order chi connectivity index (χ1) is 15.5. The van der Waals surface area contributed by atoms with E-state index in [4.69, 9.17) is 4.74 Å². The van der Waals surface area contributed by atoms with Gasteiger partial charge in [-0.25, -0.2) is 4.79 Å². The lowest BCUT2D eigenvalue weighted by Gasteiger charge is -2.27. The van der Waals surface area contributed by atoms with Crippen molar-refractivity contribution >= 4 is 22.7 Å². The minimum Gasteiger partial charge on any atom is -0.611 e. The Kier molecular flexibility index (Phi) is 7.80. The molecule has 0 bridgehead atoms. The van der Waals surface area contributed by atoms with Crippen molar-refractivity contribution in [3.63, 3.8) is 0 Å². The van der Waals surface area contributed by atoms with E-state index in [1.54, 1.807) is 0 Å². The normalized spacial score (nSPS) is 17.8. The third-order valence-corrected chi connectivity index (χ3v) is 7.12. The topological polar surface area (TPSA) is 69.6 Å². The molecule has 2 unspecified atom stereocenters. The van der Waals surface area contributed by atoms with Crippen LogP contribution in [0.4, 0.5) is 13.2 Å². The second-order valence-electron chi connectivity index (χ2n) is 8.08. The summed E-state index contributed by atoms with van der Waals surface area (Å²) in [5.41, 5.74) is 3.12. The van der Waals surface area contributed by atoms with Crippen LogP contribution in [0, 0.1) is 6.92 Å². The van der Waals surface area contributed by atoms with Crippen molar-refractivity contribution in [2.75, 3.05) is 5.75 Å². The molecular weight excluding hydrogens is 453 g/mol.